The summed E-state index contributed by atoms with van der Waals surface area (Å²) in [4.78, 5) is 24.5. The van der Waals surface area contributed by atoms with Crippen LogP contribution in [0.25, 0.3) is 32.7 Å². The van der Waals surface area contributed by atoms with Crippen molar-refractivity contribution in [3.63, 3.8) is 0 Å². The Bertz CT molecular complexity index is 1460. The van der Waals surface area contributed by atoms with Crippen LogP contribution in [0.1, 0.15) is 45.1 Å². The molecule has 0 bridgehead atoms. The summed E-state index contributed by atoms with van der Waals surface area (Å²) in [5.41, 5.74) is 10.2. The predicted octanol–water partition coefficient (Wildman–Crippen LogP) is 7.65. The summed E-state index contributed by atoms with van der Waals surface area (Å²) in [6, 6.07) is 19.5. The van der Waals surface area contributed by atoms with Gasteiger partial charge in [-0.15, -0.1) is 0 Å². The van der Waals surface area contributed by atoms with E-state index < -0.39 is 23.7 Å². The van der Waals surface area contributed by atoms with Crippen molar-refractivity contribution in [3.8, 4) is 0 Å². The van der Waals surface area contributed by atoms with Crippen molar-refractivity contribution < 1.29 is 7.87 Å². The van der Waals surface area contributed by atoms with E-state index in [9.17, 15) is 4.79 Å². The molecule has 204 valence electrons. The molecule has 0 aliphatic carbocycles. The predicted molar refractivity (Wildman–Crippen MR) is 164 cm³/mol. The van der Waals surface area contributed by atoms with Gasteiger partial charge in [0.25, 0.3) is 0 Å². The molecule has 0 saturated heterocycles. The van der Waals surface area contributed by atoms with Gasteiger partial charge in [-0.2, -0.15) is 0 Å². The molecular weight excluding hydrogens is 615 g/mol. The zero-order chi connectivity index (χ0) is 27.7. The van der Waals surface area contributed by atoms with E-state index in [4.69, 9.17) is 17.7 Å². The number of nitrogens with one attached hydrogen (secondary N) is 1. The second kappa shape index (κ2) is 14.1. The molecule has 3 N–H and O–H groups in total. The van der Waals surface area contributed by atoms with E-state index in [1.807, 2.05) is 42.6 Å². The van der Waals surface area contributed by atoms with Crippen molar-refractivity contribution in [2.45, 2.75) is 60.9 Å². The summed E-state index contributed by atoms with van der Waals surface area (Å²) in [6.45, 7) is 4.27. The molecular formula is C31H37ClN4O2Sn. The van der Waals surface area contributed by atoms with Crippen LogP contribution in [0.2, 0.25) is 8.87 Å². The van der Waals surface area contributed by atoms with Crippen molar-refractivity contribution in [2.75, 3.05) is 0 Å². The molecule has 0 spiro atoms. The summed E-state index contributed by atoms with van der Waals surface area (Å²) in [6.07, 6.45) is 10.2. The smallest absolute Gasteiger partial charge is 0.0964 e. The third kappa shape index (κ3) is 7.71. The first-order valence-corrected chi connectivity index (χ1v) is 22.6. The van der Waals surface area contributed by atoms with E-state index in [1.165, 1.54) is 0 Å². The molecule has 0 saturated carbocycles. The maximum absolute atomic E-state index is 12.6. The molecule has 3 heterocycles. The minimum absolute atomic E-state index is 0.330. The van der Waals surface area contributed by atoms with Crippen molar-refractivity contribution >= 4 is 65.3 Å². The molecule has 5 aromatic rings. The van der Waals surface area contributed by atoms with Gasteiger partial charge in [0.15, 0.2) is 0 Å². The number of aromatic nitrogens is 3. The first kappa shape index (κ1) is 29.3. The van der Waals surface area contributed by atoms with Gasteiger partial charge >= 0.3 is 159 Å². The number of H-pyrrole nitrogens is 1. The Morgan fingerprint density at radius 2 is 1.51 bits per heavy atom. The quantitative estimate of drug-likeness (QED) is 0.120. The number of unbranched alkanes of at least 4 members (excludes halogenated alkanes) is 2. The summed E-state index contributed by atoms with van der Waals surface area (Å²) >= 11 is -3.36. The number of nitrogens with two attached hydrogens (primary N) is 1. The van der Waals surface area contributed by atoms with Crippen molar-refractivity contribution in [1.29, 1.82) is 0 Å². The topological polar surface area (TPSA) is 93.9 Å². The van der Waals surface area contributed by atoms with Crippen LogP contribution >= 0.6 is 8.92 Å². The van der Waals surface area contributed by atoms with E-state index in [1.54, 1.807) is 12.4 Å². The second-order valence-corrected chi connectivity index (χ2v) is 23.0. The molecule has 0 amide bonds. The van der Waals surface area contributed by atoms with Gasteiger partial charge in [0.2, 0.25) is 0 Å². The van der Waals surface area contributed by atoms with Crippen LogP contribution < -0.4 is 5.73 Å². The molecule has 0 aliphatic heterocycles. The molecule has 3 aromatic heterocycles. The van der Waals surface area contributed by atoms with Gasteiger partial charge in [0.05, 0.1) is 11.0 Å². The number of benzene rings is 2. The average Bonchev–Trinajstić information content (AvgIpc) is 3.38. The van der Waals surface area contributed by atoms with Crippen LogP contribution in [0, 0.1) is 0 Å². The van der Waals surface area contributed by atoms with Crippen molar-refractivity contribution in [2.24, 2.45) is 5.73 Å². The Morgan fingerprint density at radius 3 is 2.10 bits per heavy atom. The Labute approximate surface area is 238 Å². The monoisotopic (exact) mass is 652 g/mol. The number of pyridine rings is 2. The molecule has 0 radical (unpaired) electrons. The van der Waals surface area contributed by atoms with Crippen LogP contribution in [0.4, 0.5) is 0 Å². The van der Waals surface area contributed by atoms with Gasteiger partial charge in [-0.25, -0.2) is 0 Å². The maximum atomic E-state index is 12.6. The van der Waals surface area contributed by atoms with E-state index in [0.29, 0.717) is 6.42 Å². The Hall–Kier alpha value is -2.68. The zero-order valence-corrected chi connectivity index (χ0v) is 26.3. The van der Waals surface area contributed by atoms with E-state index in [2.05, 4.69) is 53.1 Å². The maximum Gasteiger partial charge on any atom is 0.0964 e. The molecule has 1 atom stereocenters. The van der Waals surface area contributed by atoms with Gasteiger partial charge in [0.1, 0.15) is 0 Å². The largest absolute Gasteiger partial charge is 0.254 e. The average molecular weight is 652 g/mol. The standard InChI is InChI=1S/C12H8N2.C11H12N2O2.2C4H9.ClH.Sn/c1-3-9-5-6-10-4-2-8-14-12(10)11(9)13-7-1;12-9(11(14)15)5-7-6-13-10-4-2-1-3-8(7)10;2*1-3-4-2;;/h1-8H;1-4,6,9,13H,5,12H2,(H,14,15);2*1,3-4H2,2H3;1H;/q;;;;;+2/p-2/t;9-;;;;/m.0..../s1. The number of rotatable bonds is 10. The van der Waals surface area contributed by atoms with E-state index in [-0.39, 0.29) is 5.97 Å². The van der Waals surface area contributed by atoms with Crippen LogP contribution in [-0.2, 0) is 14.3 Å². The molecule has 6 nitrogen and oxygen atoms in total. The third-order valence-electron chi connectivity index (χ3n) is 6.85. The molecule has 39 heavy (non-hydrogen) atoms. The number of hydrogen-bond acceptors (Lipinski definition) is 5. The van der Waals surface area contributed by atoms with Crippen molar-refractivity contribution in [1.82, 2.24) is 15.0 Å². The number of carbonyl (C=O) groups is 1. The number of nitrogens with zero attached hydrogens (tertiary/aromatic N) is 2. The van der Waals surface area contributed by atoms with Crippen LogP contribution in [0.5, 0.6) is 0 Å². The fraction of sp³-hybridized carbons (Fsp3) is 0.323. The number of para-hydroxylation sites is 1. The van der Waals surface area contributed by atoms with Gasteiger partial charge in [-0.1, -0.05) is 24.3 Å². The molecule has 0 unspecified atom stereocenters. The number of aromatic amines is 1. The summed E-state index contributed by atoms with van der Waals surface area (Å²) < 4.78 is 7.61. The summed E-state index contributed by atoms with van der Waals surface area (Å²) in [5.74, 6) is -0.330. The van der Waals surface area contributed by atoms with Gasteiger partial charge < -0.3 is 0 Å². The Kier molecular flexibility index (Phi) is 10.6. The molecule has 8 heteroatoms. The SMILES string of the molecule is CCC[CH2][Sn]([Cl])([CH2]CCC)[O]C(=O)[C@@H](N)Cc1c[nH]c2ccccc12.c1cnc2c(c1)ccc1cccnc12. The van der Waals surface area contributed by atoms with Gasteiger partial charge in [-0.05, 0) is 12.1 Å². The molecule has 0 aliphatic rings. The normalized spacial score (nSPS) is 12.3. The number of carbonyl (C=O) groups excluding carboxylic acids is 1. The van der Waals surface area contributed by atoms with Gasteiger partial charge in [0, 0.05) is 23.2 Å². The van der Waals surface area contributed by atoms with Crippen LogP contribution in [0.15, 0.2) is 79.3 Å². The van der Waals surface area contributed by atoms with Crippen molar-refractivity contribution in [3.05, 3.63) is 84.8 Å². The van der Waals surface area contributed by atoms with Crippen LogP contribution in [-0.4, -0.2) is 44.6 Å². The second-order valence-electron chi connectivity index (χ2n) is 9.90. The molecule has 5 rings (SSSR count). The fourth-order valence-electron chi connectivity index (χ4n) is 4.67. The summed E-state index contributed by atoms with van der Waals surface area (Å²) in [5, 5.41) is 3.38. The van der Waals surface area contributed by atoms with Gasteiger partial charge in [-0.3, -0.25) is 9.97 Å². The van der Waals surface area contributed by atoms with E-state index >= 15 is 0 Å². The number of hydrogen-bond donors (Lipinski definition) is 2. The minimum Gasteiger partial charge on any atom is -0.254 e. The number of halogens is 1. The zero-order valence-electron chi connectivity index (χ0n) is 22.7. The third-order valence-corrected chi connectivity index (χ3v) is 17.8. The first-order chi connectivity index (χ1) is 18.9. The fourth-order valence-corrected chi connectivity index (χ4v) is 14.8. The minimum atomic E-state index is -3.36. The van der Waals surface area contributed by atoms with Crippen LogP contribution in [0.3, 0.4) is 0 Å². The molecule has 0 fully saturated rings. The molecule has 2 aromatic carbocycles. The first-order valence-electron chi connectivity index (χ1n) is 13.7. The number of fused-ring (bicyclic) bond motifs is 4. The Balaban J connectivity index is 0.000000210. The van der Waals surface area contributed by atoms with E-state index in [0.717, 1.165) is 72.8 Å². The summed E-state index contributed by atoms with van der Waals surface area (Å²) in [7, 11) is 6.82. The Morgan fingerprint density at radius 1 is 0.923 bits per heavy atom.